The van der Waals surface area contributed by atoms with Crippen molar-refractivity contribution >= 4 is 9.84 Å². The van der Waals surface area contributed by atoms with Gasteiger partial charge in [0, 0.05) is 12.3 Å². The lowest BCUT2D eigenvalue weighted by Crippen LogP contribution is -2.41. The molecule has 2 atom stereocenters. The van der Waals surface area contributed by atoms with Crippen LogP contribution in [-0.4, -0.2) is 57.5 Å². The van der Waals surface area contributed by atoms with Crippen molar-refractivity contribution in [1.29, 1.82) is 0 Å². The van der Waals surface area contributed by atoms with Gasteiger partial charge in [-0.05, 0) is 71.1 Å². The highest BCUT2D eigenvalue weighted by Crippen LogP contribution is 2.27. The molecule has 2 rings (SSSR count). The molecule has 2 unspecified atom stereocenters. The van der Waals surface area contributed by atoms with Gasteiger partial charge >= 0.3 is 0 Å². The van der Waals surface area contributed by atoms with E-state index < -0.39 is 9.84 Å². The Bertz CT molecular complexity index is 391. The first kappa shape index (κ1) is 16.2. The summed E-state index contributed by atoms with van der Waals surface area (Å²) in [5, 5.41) is 3.30. The zero-order valence-electron chi connectivity index (χ0n) is 13.0. The lowest BCUT2D eigenvalue weighted by atomic mass is 9.92. The number of nitrogens with one attached hydrogen (secondary N) is 1. The molecule has 0 aromatic carbocycles. The average molecular weight is 302 g/mol. The monoisotopic (exact) mass is 302 g/mol. The Hall–Kier alpha value is -0.130. The van der Waals surface area contributed by atoms with E-state index in [0.717, 1.165) is 51.2 Å². The summed E-state index contributed by atoms with van der Waals surface area (Å²) in [6, 6.07) is 0.463. The molecule has 1 saturated carbocycles. The number of piperidine rings is 1. The minimum Gasteiger partial charge on any atom is -0.317 e. The highest BCUT2D eigenvalue weighted by atomic mass is 32.2. The van der Waals surface area contributed by atoms with Gasteiger partial charge in [0.05, 0.1) is 5.25 Å². The Kier molecular flexibility index (Phi) is 5.87. The second-order valence-corrected chi connectivity index (χ2v) is 9.06. The maximum Gasteiger partial charge on any atom is 0.150 e. The van der Waals surface area contributed by atoms with E-state index in [1.165, 1.54) is 25.5 Å². The molecule has 1 aliphatic heterocycles. The predicted molar refractivity (Wildman–Crippen MR) is 83.7 cm³/mol. The lowest BCUT2D eigenvalue weighted by molar-refractivity contribution is 0.175. The van der Waals surface area contributed by atoms with Gasteiger partial charge in [-0.1, -0.05) is 6.42 Å². The first-order valence-electron chi connectivity index (χ1n) is 8.06. The van der Waals surface area contributed by atoms with Crippen LogP contribution in [0.4, 0.5) is 0 Å². The van der Waals surface area contributed by atoms with Gasteiger partial charge in [-0.25, -0.2) is 8.42 Å². The predicted octanol–water partition coefficient (Wildman–Crippen LogP) is 1.66. The molecule has 1 heterocycles. The van der Waals surface area contributed by atoms with Crippen LogP contribution in [0.1, 0.15) is 44.9 Å². The van der Waals surface area contributed by atoms with Gasteiger partial charge in [0.2, 0.25) is 0 Å². The first-order chi connectivity index (χ1) is 9.47. The number of hydrogen-bond acceptors (Lipinski definition) is 4. The Morgan fingerprint density at radius 2 is 1.85 bits per heavy atom. The van der Waals surface area contributed by atoms with E-state index in [1.54, 1.807) is 0 Å². The summed E-state index contributed by atoms with van der Waals surface area (Å²) in [7, 11) is -0.686. The van der Waals surface area contributed by atoms with Crippen LogP contribution in [0, 0.1) is 5.92 Å². The van der Waals surface area contributed by atoms with Crippen molar-refractivity contribution in [1.82, 2.24) is 10.2 Å². The van der Waals surface area contributed by atoms with E-state index in [2.05, 4.69) is 17.3 Å². The Labute approximate surface area is 124 Å². The first-order valence-corrected chi connectivity index (χ1v) is 10.0. The standard InChI is InChI=1S/C15H30N2O2S/c1-17(11-8-13-6-9-16-10-7-13)14-4-3-5-15(12-14)20(2,18)19/h13-16H,3-12H2,1-2H3. The number of nitrogens with zero attached hydrogens (tertiary/aromatic N) is 1. The van der Waals surface area contributed by atoms with Crippen LogP contribution in [0.2, 0.25) is 0 Å². The lowest BCUT2D eigenvalue weighted by Gasteiger charge is -2.35. The third-order valence-corrected chi connectivity index (χ3v) is 6.82. The maximum absolute atomic E-state index is 11.7. The third kappa shape index (κ3) is 4.71. The molecule has 2 fully saturated rings. The van der Waals surface area contributed by atoms with Crippen molar-refractivity contribution < 1.29 is 8.42 Å². The van der Waals surface area contributed by atoms with E-state index in [0.29, 0.717) is 6.04 Å². The second-order valence-electron chi connectivity index (χ2n) is 6.73. The highest BCUT2D eigenvalue weighted by molar-refractivity contribution is 7.91. The van der Waals surface area contributed by atoms with Gasteiger partial charge in [-0.15, -0.1) is 0 Å². The molecule has 118 valence electrons. The number of sulfone groups is 1. The summed E-state index contributed by atoms with van der Waals surface area (Å²) >= 11 is 0. The molecule has 4 nitrogen and oxygen atoms in total. The van der Waals surface area contributed by atoms with Crippen LogP contribution in [0.15, 0.2) is 0 Å². The van der Waals surface area contributed by atoms with Crippen molar-refractivity contribution in [2.75, 3.05) is 32.9 Å². The van der Waals surface area contributed by atoms with Gasteiger partial charge < -0.3 is 10.2 Å². The molecule has 0 spiro atoms. The highest BCUT2D eigenvalue weighted by Gasteiger charge is 2.30. The van der Waals surface area contributed by atoms with E-state index >= 15 is 0 Å². The van der Waals surface area contributed by atoms with E-state index in [9.17, 15) is 8.42 Å². The van der Waals surface area contributed by atoms with Crippen LogP contribution < -0.4 is 5.32 Å². The van der Waals surface area contributed by atoms with Crippen LogP contribution in [0.25, 0.3) is 0 Å². The molecule has 0 aromatic heterocycles. The summed E-state index contributed by atoms with van der Waals surface area (Å²) < 4.78 is 23.5. The molecule has 1 N–H and O–H groups in total. The van der Waals surface area contributed by atoms with Gasteiger partial charge in [0.15, 0.2) is 0 Å². The summed E-state index contributed by atoms with van der Waals surface area (Å²) in [6.45, 7) is 3.44. The van der Waals surface area contributed by atoms with Crippen molar-refractivity contribution in [3.05, 3.63) is 0 Å². The van der Waals surface area contributed by atoms with E-state index in [-0.39, 0.29) is 5.25 Å². The van der Waals surface area contributed by atoms with Gasteiger partial charge in [0.1, 0.15) is 9.84 Å². The van der Waals surface area contributed by atoms with E-state index in [4.69, 9.17) is 0 Å². The van der Waals surface area contributed by atoms with E-state index in [1.807, 2.05) is 0 Å². The van der Waals surface area contributed by atoms with Crippen LogP contribution in [0.3, 0.4) is 0 Å². The summed E-state index contributed by atoms with van der Waals surface area (Å²) in [5.41, 5.74) is 0. The van der Waals surface area contributed by atoms with Crippen molar-refractivity contribution in [3.63, 3.8) is 0 Å². The second kappa shape index (κ2) is 7.23. The van der Waals surface area contributed by atoms with Crippen molar-refractivity contribution in [2.24, 2.45) is 5.92 Å². The minimum atomic E-state index is -2.86. The molecule has 1 saturated heterocycles. The summed E-state index contributed by atoms with van der Waals surface area (Å²) in [6.07, 6.45) is 9.16. The Balaban J connectivity index is 1.78. The Morgan fingerprint density at radius 1 is 1.15 bits per heavy atom. The van der Waals surface area contributed by atoms with Crippen molar-refractivity contribution in [2.45, 2.75) is 56.2 Å². The topological polar surface area (TPSA) is 49.4 Å². The third-order valence-electron chi connectivity index (χ3n) is 5.18. The van der Waals surface area contributed by atoms with Crippen LogP contribution in [-0.2, 0) is 9.84 Å². The molecule has 20 heavy (non-hydrogen) atoms. The fourth-order valence-electron chi connectivity index (χ4n) is 3.65. The molecular weight excluding hydrogens is 272 g/mol. The molecule has 0 amide bonds. The quantitative estimate of drug-likeness (QED) is 0.839. The van der Waals surface area contributed by atoms with Crippen molar-refractivity contribution in [3.8, 4) is 0 Å². The summed E-state index contributed by atoms with van der Waals surface area (Å²) in [5.74, 6) is 0.855. The zero-order valence-corrected chi connectivity index (χ0v) is 13.8. The summed E-state index contributed by atoms with van der Waals surface area (Å²) in [4.78, 5) is 2.42. The molecule has 0 radical (unpaired) electrons. The van der Waals surface area contributed by atoms with Gasteiger partial charge in [-0.3, -0.25) is 0 Å². The molecule has 5 heteroatoms. The molecular formula is C15H30N2O2S. The van der Waals surface area contributed by atoms with Crippen LogP contribution in [0.5, 0.6) is 0 Å². The Morgan fingerprint density at radius 3 is 2.50 bits per heavy atom. The van der Waals surface area contributed by atoms with Crippen LogP contribution >= 0.6 is 0 Å². The van der Waals surface area contributed by atoms with Gasteiger partial charge in [0.25, 0.3) is 0 Å². The fourth-order valence-corrected chi connectivity index (χ4v) is 4.82. The molecule has 0 aromatic rings. The largest absolute Gasteiger partial charge is 0.317 e. The van der Waals surface area contributed by atoms with Gasteiger partial charge in [-0.2, -0.15) is 0 Å². The zero-order chi connectivity index (χ0) is 14.6. The number of rotatable bonds is 5. The minimum absolute atomic E-state index is 0.109. The molecule has 1 aliphatic carbocycles. The SMILES string of the molecule is CN(CCC1CCNCC1)C1CCCC(S(C)(=O)=O)C1. The maximum atomic E-state index is 11.7. The smallest absolute Gasteiger partial charge is 0.150 e. The normalized spacial score (nSPS) is 29.8. The molecule has 0 bridgehead atoms. The number of hydrogen-bond donors (Lipinski definition) is 1. The fraction of sp³-hybridized carbons (Fsp3) is 1.00. The molecule has 2 aliphatic rings. The average Bonchev–Trinajstić information content (AvgIpc) is 2.45.